The maximum Gasteiger partial charge on any atom is 0.123 e. The zero-order valence-electron chi connectivity index (χ0n) is 13.8. The predicted octanol–water partition coefficient (Wildman–Crippen LogP) is 3.20. The molecule has 0 bridgehead atoms. The molecule has 0 aliphatic heterocycles. The van der Waals surface area contributed by atoms with Crippen LogP contribution in [-0.4, -0.2) is 30.1 Å². The third-order valence-electron chi connectivity index (χ3n) is 3.58. The highest BCUT2D eigenvalue weighted by Gasteiger charge is 2.16. The summed E-state index contributed by atoms with van der Waals surface area (Å²) in [7, 11) is 1.74. The molecule has 0 spiro atoms. The molecule has 0 amide bonds. The van der Waals surface area contributed by atoms with E-state index in [9.17, 15) is 0 Å². The molecule has 0 radical (unpaired) electrons. The monoisotopic (exact) mass is 278 g/mol. The standard InChI is InChI=1S/C17H30N2O/c1-12(2)19(13(3)4)11-16-10-15(9-14(5)18)7-8-17(16)20-6/h7-8,10,12-14H,9,11,18H2,1-6H3. The summed E-state index contributed by atoms with van der Waals surface area (Å²) < 4.78 is 5.51. The topological polar surface area (TPSA) is 38.5 Å². The summed E-state index contributed by atoms with van der Waals surface area (Å²) in [5, 5.41) is 0. The van der Waals surface area contributed by atoms with Gasteiger partial charge in [0.15, 0.2) is 0 Å². The first-order chi connectivity index (χ1) is 9.35. The van der Waals surface area contributed by atoms with Crippen LogP contribution in [0.2, 0.25) is 0 Å². The van der Waals surface area contributed by atoms with Gasteiger partial charge in [-0.3, -0.25) is 4.90 Å². The molecule has 0 saturated carbocycles. The average molecular weight is 278 g/mol. The fourth-order valence-electron chi connectivity index (χ4n) is 2.61. The number of methoxy groups -OCH3 is 1. The summed E-state index contributed by atoms with van der Waals surface area (Å²) in [6.45, 7) is 11.9. The van der Waals surface area contributed by atoms with E-state index in [0.717, 1.165) is 18.7 Å². The number of nitrogens with zero attached hydrogens (tertiary/aromatic N) is 1. The molecule has 114 valence electrons. The van der Waals surface area contributed by atoms with Crippen molar-refractivity contribution in [1.29, 1.82) is 0 Å². The van der Waals surface area contributed by atoms with Gasteiger partial charge in [0.1, 0.15) is 5.75 Å². The Kier molecular flexibility index (Phi) is 6.50. The summed E-state index contributed by atoms with van der Waals surface area (Å²) in [6.07, 6.45) is 0.903. The van der Waals surface area contributed by atoms with Crippen LogP contribution in [0.4, 0.5) is 0 Å². The molecule has 0 saturated heterocycles. The second-order valence-electron chi connectivity index (χ2n) is 6.19. The molecule has 0 heterocycles. The summed E-state index contributed by atoms with van der Waals surface area (Å²) in [5.74, 6) is 0.963. The Hall–Kier alpha value is -1.06. The van der Waals surface area contributed by atoms with E-state index in [1.807, 2.05) is 6.92 Å². The highest BCUT2D eigenvalue weighted by molar-refractivity contribution is 5.37. The van der Waals surface area contributed by atoms with E-state index in [0.29, 0.717) is 12.1 Å². The minimum Gasteiger partial charge on any atom is -0.496 e. The lowest BCUT2D eigenvalue weighted by molar-refractivity contribution is 0.164. The highest BCUT2D eigenvalue weighted by Crippen LogP contribution is 2.24. The lowest BCUT2D eigenvalue weighted by Gasteiger charge is -2.31. The number of ether oxygens (including phenoxy) is 1. The molecule has 20 heavy (non-hydrogen) atoms. The van der Waals surface area contributed by atoms with Crippen molar-refractivity contribution in [1.82, 2.24) is 4.90 Å². The lowest BCUT2D eigenvalue weighted by Crippen LogP contribution is -2.36. The van der Waals surface area contributed by atoms with Gasteiger partial charge in [0.2, 0.25) is 0 Å². The van der Waals surface area contributed by atoms with E-state index in [1.54, 1.807) is 7.11 Å². The Morgan fingerprint density at radius 2 is 1.70 bits per heavy atom. The summed E-state index contributed by atoms with van der Waals surface area (Å²) >= 11 is 0. The van der Waals surface area contributed by atoms with Crippen molar-refractivity contribution in [3.63, 3.8) is 0 Å². The van der Waals surface area contributed by atoms with E-state index in [4.69, 9.17) is 10.5 Å². The fourth-order valence-corrected chi connectivity index (χ4v) is 2.61. The van der Waals surface area contributed by atoms with Gasteiger partial charge in [0.25, 0.3) is 0 Å². The van der Waals surface area contributed by atoms with Gasteiger partial charge in [-0.15, -0.1) is 0 Å². The smallest absolute Gasteiger partial charge is 0.123 e. The molecule has 0 aromatic heterocycles. The first-order valence-corrected chi connectivity index (χ1v) is 7.52. The van der Waals surface area contributed by atoms with Gasteiger partial charge in [-0.25, -0.2) is 0 Å². The van der Waals surface area contributed by atoms with Gasteiger partial charge >= 0.3 is 0 Å². The Morgan fingerprint density at radius 3 is 2.15 bits per heavy atom. The van der Waals surface area contributed by atoms with Crippen LogP contribution in [0.1, 0.15) is 45.7 Å². The molecule has 0 aliphatic carbocycles. The average Bonchev–Trinajstić information content (AvgIpc) is 2.34. The minimum absolute atomic E-state index is 0.183. The molecule has 1 rings (SSSR count). The molecule has 3 nitrogen and oxygen atoms in total. The first-order valence-electron chi connectivity index (χ1n) is 7.52. The zero-order chi connectivity index (χ0) is 15.3. The van der Waals surface area contributed by atoms with Crippen LogP contribution in [0.15, 0.2) is 18.2 Å². The van der Waals surface area contributed by atoms with Gasteiger partial charge in [-0.1, -0.05) is 12.1 Å². The second-order valence-corrected chi connectivity index (χ2v) is 6.19. The molecular formula is C17H30N2O. The Morgan fingerprint density at radius 1 is 1.10 bits per heavy atom. The van der Waals surface area contributed by atoms with E-state index in [-0.39, 0.29) is 6.04 Å². The third kappa shape index (κ3) is 4.80. The maximum atomic E-state index is 5.90. The van der Waals surface area contributed by atoms with Crippen molar-refractivity contribution in [2.45, 2.75) is 65.7 Å². The minimum atomic E-state index is 0.183. The van der Waals surface area contributed by atoms with Crippen molar-refractivity contribution in [2.24, 2.45) is 5.73 Å². The maximum absolute atomic E-state index is 5.90. The van der Waals surface area contributed by atoms with Crippen LogP contribution in [0.3, 0.4) is 0 Å². The van der Waals surface area contributed by atoms with Gasteiger partial charge in [-0.05, 0) is 52.7 Å². The molecule has 1 aromatic carbocycles. The van der Waals surface area contributed by atoms with Crippen molar-refractivity contribution >= 4 is 0 Å². The highest BCUT2D eigenvalue weighted by atomic mass is 16.5. The molecule has 1 atom stereocenters. The Balaban J connectivity index is 3.00. The molecular weight excluding hydrogens is 248 g/mol. The largest absolute Gasteiger partial charge is 0.496 e. The summed E-state index contributed by atoms with van der Waals surface area (Å²) in [4.78, 5) is 2.47. The van der Waals surface area contributed by atoms with Crippen molar-refractivity contribution < 1.29 is 4.74 Å². The number of rotatable bonds is 7. The van der Waals surface area contributed by atoms with Crippen LogP contribution >= 0.6 is 0 Å². The Labute approximate surface area is 124 Å². The van der Waals surface area contributed by atoms with Crippen LogP contribution in [0.5, 0.6) is 5.75 Å². The van der Waals surface area contributed by atoms with E-state index >= 15 is 0 Å². The summed E-state index contributed by atoms with van der Waals surface area (Å²) in [6, 6.07) is 7.61. The molecule has 0 aliphatic rings. The van der Waals surface area contributed by atoms with Crippen LogP contribution in [0.25, 0.3) is 0 Å². The van der Waals surface area contributed by atoms with Crippen molar-refractivity contribution in [3.05, 3.63) is 29.3 Å². The number of nitrogens with two attached hydrogens (primary N) is 1. The fraction of sp³-hybridized carbons (Fsp3) is 0.647. The molecule has 1 unspecified atom stereocenters. The van der Waals surface area contributed by atoms with Crippen molar-refractivity contribution in [3.8, 4) is 5.75 Å². The number of hydrogen-bond acceptors (Lipinski definition) is 3. The zero-order valence-corrected chi connectivity index (χ0v) is 13.8. The summed E-state index contributed by atoms with van der Waals surface area (Å²) in [5.41, 5.74) is 8.43. The number of benzene rings is 1. The first kappa shape index (κ1) is 17.0. The van der Waals surface area contributed by atoms with E-state index in [2.05, 4.69) is 50.8 Å². The SMILES string of the molecule is COc1ccc(CC(C)N)cc1CN(C(C)C)C(C)C. The van der Waals surface area contributed by atoms with E-state index < -0.39 is 0 Å². The van der Waals surface area contributed by atoms with Gasteiger partial charge in [-0.2, -0.15) is 0 Å². The normalized spacial score (nSPS) is 13.3. The second kappa shape index (κ2) is 7.65. The molecule has 3 heteroatoms. The third-order valence-corrected chi connectivity index (χ3v) is 3.58. The predicted molar refractivity (Wildman–Crippen MR) is 86.2 cm³/mol. The van der Waals surface area contributed by atoms with Crippen LogP contribution in [0, 0.1) is 0 Å². The molecule has 1 aromatic rings. The quantitative estimate of drug-likeness (QED) is 0.832. The van der Waals surface area contributed by atoms with Crippen LogP contribution in [-0.2, 0) is 13.0 Å². The van der Waals surface area contributed by atoms with Crippen LogP contribution < -0.4 is 10.5 Å². The van der Waals surface area contributed by atoms with Crippen molar-refractivity contribution in [2.75, 3.05) is 7.11 Å². The molecule has 2 N–H and O–H groups in total. The Bertz CT molecular complexity index is 405. The van der Waals surface area contributed by atoms with E-state index in [1.165, 1.54) is 11.1 Å². The lowest BCUT2D eigenvalue weighted by atomic mass is 10.0. The van der Waals surface area contributed by atoms with Gasteiger partial charge in [0.05, 0.1) is 7.11 Å². The molecule has 0 fully saturated rings. The van der Waals surface area contributed by atoms with Gasteiger partial charge in [0, 0.05) is 30.2 Å². The van der Waals surface area contributed by atoms with Gasteiger partial charge < -0.3 is 10.5 Å². The number of hydrogen-bond donors (Lipinski definition) is 1.